The maximum Gasteiger partial charge on any atom is 0.277 e. The van der Waals surface area contributed by atoms with Crippen molar-refractivity contribution in [1.82, 2.24) is 0 Å². The van der Waals surface area contributed by atoms with Crippen LogP contribution >= 0.6 is 0 Å². The van der Waals surface area contributed by atoms with Gasteiger partial charge in [0.2, 0.25) is 0 Å². The lowest BCUT2D eigenvalue weighted by atomic mass is 9.78. The Bertz CT molecular complexity index is 978. The van der Waals surface area contributed by atoms with Gasteiger partial charge >= 0.3 is 0 Å². The standard InChI is InChI=1S/C20H15NO3/c22-20-14-6-2-1-5-13(14)9-10-18(20)16-11-12-19(21(23)24)17-8-4-3-7-15(16)17/h1-8,11-12,18H,9-10H2/t18-/m0/s1. The van der Waals surface area contributed by atoms with Gasteiger partial charge in [0.25, 0.3) is 5.69 Å². The summed E-state index contributed by atoms with van der Waals surface area (Å²) < 4.78 is 0. The Labute approximate surface area is 138 Å². The fourth-order valence-electron chi connectivity index (χ4n) is 3.66. The molecule has 0 aromatic heterocycles. The molecular formula is C20H15NO3. The van der Waals surface area contributed by atoms with E-state index < -0.39 is 0 Å². The molecule has 0 fully saturated rings. The molecule has 0 saturated heterocycles. The largest absolute Gasteiger partial charge is 0.293 e. The second-order valence-electron chi connectivity index (χ2n) is 6.09. The zero-order chi connectivity index (χ0) is 16.7. The fourth-order valence-corrected chi connectivity index (χ4v) is 3.66. The van der Waals surface area contributed by atoms with Gasteiger partial charge in [0.15, 0.2) is 5.78 Å². The van der Waals surface area contributed by atoms with Crippen molar-refractivity contribution < 1.29 is 9.72 Å². The highest BCUT2D eigenvalue weighted by atomic mass is 16.6. The minimum atomic E-state index is -0.371. The Morgan fingerprint density at radius 3 is 2.42 bits per heavy atom. The molecule has 0 saturated carbocycles. The van der Waals surface area contributed by atoms with Crippen molar-refractivity contribution in [3.63, 3.8) is 0 Å². The van der Waals surface area contributed by atoms with Crippen molar-refractivity contribution in [1.29, 1.82) is 0 Å². The van der Waals surface area contributed by atoms with Crippen molar-refractivity contribution in [2.24, 2.45) is 0 Å². The second kappa shape index (κ2) is 5.57. The van der Waals surface area contributed by atoms with Crippen molar-refractivity contribution in [2.75, 3.05) is 0 Å². The van der Waals surface area contributed by atoms with E-state index in [4.69, 9.17) is 0 Å². The zero-order valence-corrected chi connectivity index (χ0v) is 12.9. The minimum absolute atomic E-state index is 0.0815. The maximum absolute atomic E-state index is 12.9. The number of hydrogen-bond donors (Lipinski definition) is 0. The van der Waals surface area contributed by atoms with Crippen LogP contribution < -0.4 is 0 Å². The number of hydrogen-bond acceptors (Lipinski definition) is 3. The maximum atomic E-state index is 12.9. The molecule has 1 atom stereocenters. The van der Waals surface area contributed by atoms with Crippen molar-refractivity contribution in [2.45, 2.75) is 18.8 Å². The molecule has 0 N–H and O–H groups in total. The molecule has 4 nitrogen and oxygen atoms in total. The normalized spacial score (nSPS) is 16.8. The summed E-state index contributed by atoms with van der Waals surface area (Å²) in [6.45, 7) is 0. The molecule has 118 valence electrons. The first-order valence-electron chi connectivity index (χ1n) is 7.95. The van der Waals surface area contributed by atoms with Gasteiger partial charge in [-0.1, -0.05) is 48.5 Å². The summed E-state index contributed by atoms with van der Waals surface area (Å²) in [7, 11) is 0. The van der Waals surface area contributed by atoms with Crippen molar-refractivity contribution in [3.05, 3.63) is 87.5 Å². The number of carbonyl (C=O) groups excluding carboxylic acids is 1. The van der Waals surface area contributed by atoms with Gasteiger partial charge in [-0.3, -0.25) is 14.9 Å². The Balaban J connectivity index is 1.88. The molecule has 3 aromatic rings. The van der Waals surface area contributed by atoms with Gasteiger partial charge in [0, 0.05) is 17.5 Å². The molecule has 4 rings (SSSR count). The number of non-ortho nitro benzene ring substituents is 1. The molecular weight excluding hydrogens is 302 g/mol. The third-order valence-electron chi connectivity index (χ3n) is 4.81. The molecule has 3 aromatic carbocycles. The number of rotatable bonds is 2. The van der Waals surface area contributed by atoms with E-state index in [1.165, 1.54) is 6.07 Å². The van der Waals surface area contributed by atoms with E-state index in [2.05, 4.69) is 0 Å². The third kappa shape index (κ3) is 2.19. The summed E-state index contributed by atoms with van der Waals surface area (Å²) in [5, 5.41) is 12.7. The average molecular weight is 317 g/mol. The van der Waals surface area contributed by atoms with Gasteiger partial charge in [-0.25, -0.2) is 0 Å². The Morgan fingerprint density at radius 2 is 1.62 bits per heavy atom. The predicted octanol–water partition coefficient (Wildman–Crippen LogP) is 4.66. The Morgan fingerprint density at radius 1 is 0.917 bits per heavy atom. The number of fused-ring (bicyclic) bond motifs is 2. The molecule has 0 bridgehead atoms. The van der Waals surface area contributed by atoms with Crippen LogP contribution in [0.4, 0.5) is 5.69 Å². The van der Waals surface area contributed by atoms with Crippen LogP contribution in [0.15, 0.2) is 60.7 Å². The fraction of sp³-hybridized carbons (Fsp3) is 0.150. The minimum Gasteiger partial charge on any atom is -0.293 e. The average Bonchev–Trinajstić information content (AvgIpc) is 2.61. The number of ketones is 1. The number of nitro benzene ring substituents is 1. The molecule has 0 amide bonds. The van der Waals surface area contributed by atoms with Crippen LogP contribution in [0.25, 0.3) is 10.8 Å². The van der Waals surface area contributed by atoms with Crippen LogP contribution in [0, 0.1) is 10.1 Å². The van der Waals surface area contributed by atoms with Gasteiger partial charge in [-0.15, -0.1) is 0 Å². The molecule has 4 heteroatoms. The molecule has 0 heterocycles. The van der Waals surface area contributed by atoms with Gasteiger partial charge in [0.05, 0.1) is 10.3 Å². The number of Topliss-reactive ketones (excluding diaryl/α,β-unsaturated/α-hetero) is 1. The van der Waals surface area contributed by atoms with E-state index in [1.807, 2.05) is 36.4 Å². The van der Waals surface area contributed by atoms with Crippen LogP contribution in [0.3, 0.4) is 0 Å². The highest BCUT2D eigenvalue weighted by Gasteiger charge is 2.30. The first kappa shape index (κ1) is 14.6. The zero-order valence-electron chi connectivity index (χ0n) is 12.9. The first-order chi connectivity index (χ1) is 11.7. The number of carbonyl (C=O) groups is 1. The summed E-state index contributed by atoms with van der Waals surface area (Å²) in [6.07, 6.45) is 1.58. The Kier molecular flexibility index (Phi) is 3.38. The van der Waals surface area contributed by atoms with Gasteiger partial charge in [-0.2, -0.15) is 0 Å². The summed E-state index contributed by atoms with van der Waals surface area (Å²) in [6, 6.07) is 18.2. The highest BCUT2D eigenvalue weighted by Crippen LogP contribution is 2.38. The Hall–Kier alpha value is -3.01. The molecule has 0 radical (unpaired) electrons. The van der Waals surface area contributed by atoms with E-state index in [0.717, 1.165) is 34.9 Å². The van der Waals surface area contributed by atoms with Crippen LogP contribution in [0.1, 0.15) is 33.8 Å². The third-order valence-corrected chi connectivity index (χ3v) is 4.81. The number of aryl methyl sites for hydroxylation is 1. The summed E-state index contributed by atoms with van der Waals surface area (Å²) in [5.41, 5.74) is 2.83. The lowest BCUT2D eigenvalue weighted by Gasteiger charge is -2.24. The van der Waals surface area contributed by atoms with Gasteiger partial charge in [0.1, 0.15) is 0 Å². The molecule has 0 aliphatic heterocycles. The van der Waals surface area contributed by atoms with Crippen molar-refractivity contribution in [3.8, 4) is 0 Å². The molecule has 0 unspecified atom stereocenters. The summed E-state index contributed by atoms with van der Waals surface area (Å²) in [4.78, 5) is 23.8. The molecule has 1 aliphatic rings. The summed E-state index contributed by atoms with van der Waals surface area (Å²) in [5.74, 6) is -0.138. The van der Waals surface area contributed by atoms with Crippen molar-refractivity contribution >= 4 is 22.2 Å². The van der Waals surface area contributed by atoms with Gasteiger partial charge in [-0.05, 0) is 35.4 Å². The molecule has 1 aliphatic carbocycles. The molecule has 0 spiro atoms. The van der Waals surface area contributed by atoms with E-state index in [1.54, 1.807) is 18.2 Å². The smallest absolute Gasteiger partial charge is 0.277 e. The summed E-state index contributed by atoms with van der Waals surface area (Å²) >= 11 is 0. The number of nitrogens with zero attached hydrogens (tertiary/aromatic N) is 1. The lowest BCUT2D eigenvalue weighted by Crippen LogP contribution is -2.21. The first-order valence-corrected chi connectivity index (χ1v) is 7.95. The second-order valence-corrected chi connectivity index (χ2v) is 6.09. The van der Waals surface area contributed by atoms with Crippen LogP contribution in [0.2, 0.25) is 0 Å². The van der Waals surface area contributed by atoms with E-state index in [9.17, 15) is 14.9 Å². The van der Waals surface area contributed by atoms with E-state index in [-0.39, 0.29) is 22.3 Å². The lowest BCUT2D eigenvalue weighted by molar-refractivity contribution is -0.383. The number of benzene rings is 3. The topological polar surface area (TPSA) is 60.2 Å². The monoisotopic (exact) mass is 317 g/mol. The molecule has 24 heavy (non-hydrogen) atoms. The van der Waals surface area contributed by atoms with Crippen LogP contribution in [-0.4, -0.2) is 10.7 Å². The number of nitro groups is 1. The highest BCUT2D eigenvalue weighted by molar-refractivity contribution is 6.06. The van der Waals surface area contributed by atoms with E-state index >= 15 is 0 Å². The van der Waals surface area contributed by atoms with E-state index in [0.29, 0.717) is 5.39 Å². The predicted molar refractivity (Wildman–Crippen MR) is 92.4 cm³/mol. The van der Waals surface area contributed by atoms with Gasteiger partial charge < -0.3 is 0 Å². The van der Waals surface area contributed by atoms with Crippen LogP contribution in [-0.2, 0) is 6.42 Å². The quantitative estimate of drug-likeness (QED) is 0.510. The SMILES string of the molecule is O=C1c2ccccc2CC[C@H]1c1ccc([N+](=O)[O-])c2ccccc12. The van der Waals surface area contributed by atoms with Crippen LogP contribution in [0.5, 0.6) is 0 Å².